The molecule has 3 aromatic heterocycles. The largest absolute Gasteiger partial charge is 0.449 e. The number of aryl methyl sites for hydroxylation is 1. The number of nitrogens with zero attached hydrogens (tertiary/aromatic N) is 3. The second-order valence-electron chi connectivity index (χ2n) is 5.28. The van der Waals surface area contributed by atoms with Crippen molar-refractivity contribution in [3.63, 3.8) is 0 Å². The maximum absolute atomic E-state index is 12.1. The minimum Gasteiger partial charge on any atom is -0.449 e. The van der Waals surface area contributed by atoms with Crippen LogP contribution in [0.1, 0.15) is 34.4 Å². The molecule has 0 saturated carbocycles. The van der Waals surface area contributed by atoms with Crippen molar-refractivity contribution in [2.45, 2.75) is 25.8 Å². The van der Waals surface area contributed by atoms with Crippen molar-refractivity contribution in [3.05, 3.63) is 52.0 Å². The molecule has 0 aliphatic carbocycles. The van der Waals surface area contributed by atoms with Gasteiger partial charge in [-0.05, 0) is 11.4 Å². The summed E-state index contributed by atoms with van der Waals surface area (Å²) in [5, 5.41) is 9.41. The Morgan fingerprint density at radius 3 is 3.18 bits per heavy atom. The van der Waals surface area contributed by atoms with Gasteiger partial charge >= 0.3 is 0 Å². The van der Waals surface area contributed by atoms with Gasteiger partial charge in [-0.2, -0.15) is 5.10 Å². The number of carbonyl (C=O) groups excluding carboxylic acids is 1. The molecule has 1 N–H and O–H groups in total. The van der Waals surface area contributed by atoms with Crippen LogP contribution in [-0.4, -0.2) is 20.7 Å². The van der Waals surface area contributed by atoms with Crippen LogP contribution >= 0.6 is 11.3 Å². The average molecular weight is 314 g/mol. The molecule has 0 fully saturated rings. The number of anilines is 1. The molecule has 1 unspecified atom stereocenters. The van der Waals surface area contributed by atoms with Gasteiger partial charge in [0.15, 0.2) is 5.89 Å². The monoisotopic (exact) mass is 314 g/mol. The van der Waals surface area contributed by atoms with Crippen molar-refractivity contribution in [3.8, 4) is 0 Å². The van der Waals surface area contributed by atoms with Crippen molar-refractivity contribution < 1.29 is 9.21 Å². The number of hydrogen-bond donors (Lipinski definition) is 1. The molecule has 4 heterocycles. The van der Waals surface area contributed by atoms with Crippen LogP contribution in [0, 0.1) is 6.92 Å². The Balaban J connectivity index is 1.72. The van der Waals surface area contributed by atoms with Crippen molar-refractivity contribution in [2.24, 2.45) is 0 Å². The summed E-state index contributed by atoms with van der Waals surface area (Å²) in [5.41, 5.74) is 1.77. The molecular formula is C15H14N4O2S. The number of carbonyl (C=O) groups is 1. The van der Waals surface area contributed by atoms with Crippen LogP contribution in [0.5, 0.6) is 0 Å². The van der Waals surface area contributed by atoms with E-state index in [9.17, 15) is 4.79 Å². The fourth-order valence-electron chi connectivity index (χ4n) is 2.74. The molecule has 112 valence electrons. The van der Waals surface area contributed by atoms with Crippen molar-refractivity contribution >= 4 is 23.1 Å². The average Bonchev–Trinajstić information content (AvgIpc) is 3.21. The van der Waals surface area contributed by atoms with Crippen LogP contribution < -0.4 is 5.32 Å². The van der Waals surface area contributed by atoms with E-state index in [0.717, 1.165) is 17.1 Å². The lowest BCUT2D eigenvalue weighted by atomic mass is 9.92. The molecule has 6 nitrogen and oxygen atoms in total. The summed E-state index contributed by atoms with van der Waals surface area (Å²) in [6.07, 6.45) is 3.81. The Kier molecular flexibility index (Phi) is 3.07. The number of rotatable bonds is 3. The Bertz CT molecular complexity index is 819. The number of thiophene rings is 1. The van der Waals surface area contributed by atoms with Gasteiger partial charge in [-0.15, -0.1) is 11.3 Å². The highest BCUT2D eigenvalue weighted by atomic mass is 32.1. The van der Waals surface area contributed by atoms with E-state index in [1.165, 1.54) is 4.88 Å². The lowest BCUT2D eigenvalue weighted by molar-refractivity contribution is -0.116. The van der Waals surface area contributed by atoms with Gasteiger partial charge < -0.3 is 9.73 Å². The molecule has 7 heteroatoms. The summed E-state index contributed by atoms with van der Waals surface area (Å²) in [6.45, 7) is 2.45. The van der Waals surface area contributed by atoms with Crippen LogP contribution in [0.25, 0.3) is 0 Å². The Morgan fingerprint density at radius 1 is 1.55 bits per heavy atom. The zero-order valence-corrected chi connectivity index (χ0v) is 12.8. The fourth-order valence-corrected chi connectivity index (χ4v) is 3.43. The van der Waals surface area contributed by atoms with Crippen molar-refractivity contribution in [1.29, 1.82) is 0 Å². The first kappa shape index (κ1) is 13.3. The Labute approximate surface area is 130 Å². The number of amides is 1. The maximum Gasteiger partial charge on any atom is 0.226 e. The highest BCUT2D eigenvalue weighted by molar-refractivity contribution is 7.09. The molecule has 3 aromatic rings. The predicted molar refractivity (Wildman–Crippen MR) is 82.0 cm³/mol. The van der Waals surface area contributed by atoms with Gasteiger partial charge in [0.25, 0.3) is 0 Å². The van der Waals surface area contributed by atoms with E-state index < -0.39 is 0 Å². The number of aromatic nitrogens is 3. The van der Waals surface area contributed by atoms with Crippen LogP contribution in [0.4, 0.5) is 5.82 Å². The zero-order chi connectivity index (χ0) is 15.1. The topological polar surface area (TPSA) is 73.0 Å². The predicted octanol–water partition coefficient (Wildman–Crippen LogP) is 2.76. The van der Waals surface area contributed by atoms with E-state index in [0.29, 0.717) is 18.9 Å². The number of fused-ring (bicyclic) bond motifs is 1. The second kappa shape index (κ2) is 5.10. The molecule has 0 aromatic carbocycles. The molecule has 1 atom stereocenters. The Morgan fingerprint density at radius 2 is 2.45 bits per heavy atom. The minimum atomic E-state index is -0.0988. The Hall–Kier alpha value is -2.41. The van der Waals surface area contributed by atoms with Crippen molar-refractivity contribution in [2.75, 3.05) is 5.32 Å². The molecule has 1 aliphatic heterocycles. The first-order chi connectivity index (χ1) is 10.7. The van der Waals surface area contributed by atoms with Gasteiger partial charge in [0.05, 0.1) is 18.4 Å². The molecule has 0 saturated heterocycles. The molecule has 4 rings (SSSR count). The molecule has 0 spiro atoms. The molecule has 0 radical (unpaired) electrons. The maximum atomic E-state index is 12.1. The summed E-state index contributed by atoms with van der Waals surface area (Å²) in [7, 11) is 0. The summed E-state index contributed by atoms with van der Waals surface area (Å²) >= 11 is 1.67. The normalized spacial score (nSPS) is 17.3. The van der Waals surface area contributed by atoms with E-state index in [2.05, 4.69) is 21.5 Å². The third kappa shape index (κ3) is 2.23. The van der Waals surface area contributed by atoms with Gasteiger partial charge in [0, 0.05) is 29.7 Å². The quantitative estimate of drug-likeness (QED) is 0.807. The second-order valence-corrected chi connectivity index (χ2v) is 6.31. The molecule has 1 aliphatic rings. The third-order valence-electron chi connectivity index (χ3n) is 3.77. The van der Waals surface area contributed by atoms with Gasteiger partial charge in [-0.3, -0.25) is 4.79 Å². The van der Waals surface area contributed by atoms with E-state index in [4.69, 9.17) is 4.42 Å². The van der Waals surface area contributed by atoms with E-state index in [1.54, 1.807) is 24.5 Å². The lowest BCUT2D eigenvalue weighted by Gasteiger charge is -2.21. The first-order valence-electron chi connectivity index (χ1n) is 7.00. The summed E-state index contributed by atoms with van der Waals surface area (Å²) < 4.78 is 7.12. The highest BCUT2D eigenvalue weighted by Crippen LogP contribution is 2.36. The standard InChI is InChI=1S/C15H14N4O2S/c1-9-17-13(8-21-9)11-5-14(20)18-15-12(11)6-16-19(15)7-10-3-2-4-22-10/h2-4,6,8,11H,5,7H2,1H3,(H,18,20). The number of oxazole rings is 1. The van der Waals surface area contributed by atoms with Crippen molar-refractivity contribution in [1.82, 2.24) is 14.8 Å². The lowest BCUT2D eigenvalue weighted by Crippen LogP contribution is -2.25. The van der Waals surface area contributed by atoms with E-state index >= 15 is 0 Å². The fraction of sp³-hybridized carbons (Fsp3) is 0.267. The van der Waals surface area contributed by atoms with Crippen LogP contribution in [-0.2, 0) is 11.3 Å². The summed E-state index contributed by atoms with van der Waals surface area (Å²) in [4.78, 5) is 17.6. The highest BCUT2D eigenvalue weighted by Gasteiger charge is 2.31. The molecule has 0 bridgehead atoms. The number of hydrogen-bond acceptors (Lipinski definition) is 5. The summed E-state index contributed by atoms with van der Waals surface area (Å²) in [5.74, 6) is 1.24. The molecule has 1 amide bonds. The van der Waals surface area contributed by atoms with E-state index in [-0.39, 0.29) is 11.8 Å². The van der Waals surface area contributed by atoms with Gasteiger partial charge in [-0.1, -0.05) is 6.07 Å². The van der Waals surface area contributed by atoms with Gasteiger partial charge in [0.2, 0.25) is 5.91 Å². The van der Waals surface area contributed by atoms with Crippen LogP contribution in [0.2, 0.25) is 0 Å². The number of nitrogens with one attached hydrogen (secondary N) is 1. The van der Waals surface area contributed by atoms with Crippen LogP contribution in [0.15, 0.2) is 34.4 Å². The van der Waals surface area contributed by atoms with Gasteiger partial charge in [0.1, 0.15) is 12.1 Å². The smallest absolute Gasteiger partial charge is 0.226 e. The zero-order valence-electron chi connectivity index (χ0n) is 11.9. The molecule has 22 heavy (non-hydrogen) atoms. The summed E-state index contributed by atoms with van der Waals surface area (Å²) in [6, 6.07) is 4.07. The van der Waals surface area contributed by atoms with Gasteiger partial charge in [-0.25, -0.2) is 9.67 Å². The SMILES string of the molecule is Cc1nc(C2CC(=O)Nc3c2cnn3Cc2cccs2)co1. The van der Waals surface area contributed by atoms with E-state index in [1.807, 2.05) is 22.3 Å². The van der Waals surface area contributed by atoms with Crippen LogP contribution in [0.3, 0.4) is 0 Å². The first-order valence-corrected chi connectivity index (χ1v) is 7.88. The minimum absolute atomic E-state index is 0.0221. The molecular weight excluding hydrogens is 300 g/mol. The third-order valence-corrected chi connectivity index (χ3v) is 4.63.